The van der Waals surface area contributed by atoms with Crippen LogP contribution in [0.25, 0.3) is 0 Å². The summed E-state index contributed by atoms with van der Waals surface area (Å²) in [7, 11) is 0. The fraction of sp³-hybridized carbons (Fsp3) is 0.250. The van der Waals surface area contributed by atoms with E-state index in [2.05, 4.69) is 21.2 Å². The number of halogens is 1. The second-order valence-electron chi connectivity index (χ2n) is 4.89. The van der Waals surface area contributed by atoms with Crippen LogP contribution in [0.2, 0.25) is 0 Å². The standard InChI is InChI=1S/C16H17BrN2O3/c1-11-8-13(5-6-15(11)17)19(12(2)20)10-16(21)18-9-14-4-3-7-22-14/h3-8H,9-10H2,1-2H3,(H,18,21). The predicted molar refractivity (Wildman–Crippen MR) is 87.5 cm³/mol. The van der Waals surface area contributed by atoms with E-state index in [0.717, 1.165) is 10.0 Å². The van der Waals surface area contributed by atoms with Gasteiger partial charge in [-0.3, -0.25) is 9.59 Å². The third-order valence-electron chi connectivity index (χ3n) is 3.17. The SMILES string of the molecule is CC(=O)N(CC(=O)NCc1ccco1)c1ccc(Br)c(C)c1. The minimum absolute atomic E-state index is 0.0306. The van der Waals surface area contributed by atoms with Crippen molar-refractivity contribution in [3.8, 4) is 0 Å². The zero-order chi connectivity index (χ0) is 16.1. The number of carbonyl (C=O) groups excluding carboxylic acids is 2. The molecule has 0 aliphatic heterocycles. The lowest BCUT2D eigenvalue weighted by Gasteiger charge is -2.21. The van der Waals surface area contributed by atoms with Gasteiger partial charge in [0.2, 0.25) is 11.8 Å². The lowest BCUT2D eigenvalue weighted by atomic mass is 10.2. The first-order valence-electron chi connectivity index (χ1n) is 6.80. The average molecular weight is 365 g/mol. The molecule has 0 saturated heterocycles. The van der Waals surface area contributed by atoms with Crippen molar-refractivity contribution in [3.05, 3.63) is 52.4 Å². The lowest BCUT2D eigenvalue weighted by Crippen LogP contribution is -2.39. The first kappa shape index (κ1) is 16.3. The Balaban J connectivity index is 2.03. The Morgan fingerprint density at radius 3 is 2.68 bits per heavy atom. The van der Waals surface area contributed by atoms with Gasteiger partial charge in [0.05, 0.1) is 12.8 Å². The molecule has 2 rings (SSSR count). The number of benzene rings is 1. The van der Waals surface area contributed by atoms with E-state index >= 15 is 0 Å². The van der Waals surface area contributed by atoms with Crippen LogP contribution in [0.4, 0.5) is 5.69 Å². The maximum Gasteiger partial charge on any atom is 0.240 e. The van der Waals surface area contributed by atoms with Crippen LogP contribution in [0.5, 0.6) is 0 Å². The van der Waals surface area contributed by atoms with Gasteiger partial charge in [-0.15, -0.1) is 0 Å². The van der Waals surface area contributed by atoms with E-state index in [1.54, 1.807) is 24.5 Å². The Bertz CT molecular complexity index is 668. The average Bonchev–Trinajstić information content (AvgIpc) is 2.98. The number of amides is 2. The summed E-state index contributed by atoms with van der Waals surface area (Å²) in [5, 5.41) is 2.73. The normalized spacial score (nSPS) is 10.3. The first-order valence-corrected chi connectivity index (χ1v) is 7.60. The fourth-order valence-electron chi connectivity index (χ4n) is 1.98. The smallest absolute Gasteiger partial charge is 0.240 e. The molecule has 1 heterocycles. The van der Waals surface area contributed by atoms with E-state index < -0.39 is 0 Å². The highest BCUT2D eigenvalue weighted by molar-refractivity contribution is 9.10. The maximum absolute atomic E-state index is 12.0. The molecule has 2 amide bonds. The van der Waals surface area contributed by atoms with Gasteiger partial charge < -0.3 is 14.6 Å². The van der Waals surface area contributed by atoms with Crippen molar-refractivity contribution in [1.29, 1.82) is 0 Å². The Kier molecular flexibility index (Phi) is 5.38. The number of nitrogens with zero attached hydrogens (tertiary/aromatic N) is 1. The number of hydrogen-bond donors (Lipinski definition) is 1. The molecule has 6 heteroatoms. The highest BCUT2D eigenvalue weighted by Crippen LogP contribution is 2.23. The molecule has 1 N–H and O–H groups in total. The molecular formula is C16H17BrN2O3. The molecule has 0 saturated carbocycles. The van der Waals surface area contributed by atoms with Crippen LogP contribution in [-0.4, -0.2) is 18.4 Å². The highest BCUT2D eigenvalue weighted by Gasteiger charge is 2.16. The third kappa shape index (κ3) is 4.21. The van der Waals surface area contributed by atoms with Crippen molar-refractivity contribution in [1.82, 2.24) is 5.32 Å². The molecule has 0 spiro atoms. The molecule has 116 valence electrons. The Morgan fingerprint density at radius 1 is 1.32 bits per heavy atom. The van der Waals surface area contributed by atoms with Gasteiger partial charge in [-0.1, -0.05) is 15.9 Å². The first-order chi connectivity index (χ1) is 10.5. The molecule has 0 aliphatic carbocycles. The second kappa shape index (κ2) is 7.26. The Labute approximate surface area is 137 Å². The molecule has 22 heavy (non-hydrogen) atoms. The summed E-state index contributed by atoms with van der Waals surface area (Å²) in [5.74, 6) is 0.240. The Hall–Kier alpha value is -2.08. The van der Waals surface area contributed by atoms with E-state index in [9.17, 15) is 9.59 Å². The third-order valence-corrected chi connectivity index (χ3v) is 4.06. The van der Waals surface area contributed by atoms with Crippen molar-refractivity contribution in [2.75, 3.05) is 11.4 Å². The predicted octanol–water partition coefficient (Wildman–Crippen LogP) is 3.02. The van der Waals surface area contributed by atoms with Crippen molar-refractivity contribution >= 4 is 33.4 Å². The molecule has 0 bridgehead atoms. The summed E-state index contributed by atoms with van der Waals surface area (Å²) < 4.78 is 6.11. The topological polar surface area (TPSA) is 62.6 Å². The minimum Gasteiger partial charge on any atom is -0.467 e. The number of hydrogen-bond acceptors (Lipinski definition) is 3. The number of rotatable bonds is 5. The Morgan fingerprint density at radius 2 is 2.09 bits per heavy atom. The molecule has 0 unspecified atom stereocenters. The molecular weight excluding hydrogens is 348 g/mol. The van der Waals surface area contributed by atoms with Crippen molar-refractivity contribution in [2.24, 2.45) is 0 Å². The number of furan rings is 1. The number of anilines is 1. The molecule has 1 aromatic carbocycles. The number of nitrogens with one attached hydrogen (secondary N) is 1. The molecule has 1 aromatic heterocycles. The van der Waals surface area contributed by atoms with Crippen LogP contribution in [0.1, 0.15) is 18.2 Å². The van der Waals surface area contributed by atoms with E-state index in [1.165, 1.54) is 11.8 Å². The fourth-order valence-corrected chi connectivity index (χ4v) is 2.23. The summed E-state index contributed by atoms with van der Waals surface area (Å²) in [6.45, 7) is 3.65. The monoisotopic (exact) mass is 364 g/mol. The van der Waals surface area contributed by atoms with E-state index in [0.29, 0.717) is 18.0 Å². The van der Waals surface area contributed by atoms with Crippen molar-refractivity contribution < 1.29 is 14.0 Å². The van der Waals surface area contributed by atoms with Gasteiger partial charge >= 0.3 is 0 Å². The molecule has 0 aliphatic rings. The lowest BCUT2D eigenvalue weighted by molar-refractivity contribution is -0.123. The van der Waals surface area contributed by atoms with Crippen molar-refractivity contribution in [2.45, 2.75) is 20.4 Å². The van der Waals surface area contributed by atoms with Crippen LogP contribution in [-0.2, 0) is 16.1 Å². The number of aryl methyl sites for hydroxylation is 1. The summed E-state index contributed by atoms with van der Waals surface area (Å²) in [6.07, 6.45) is 1.55. The van der Waals surface area contributed by atoms with Crippen LogP contribution in [0.15, 0.2) is 45.5 Å². The quantitative estimate of drug-likeness (QED) is 0.886. The molecule has 0 radical (unpaired) electrons. The molecule has 0 atom stereocenters. The summed E-state index contributed by atoms with van der Waals surface area (Å²) >= 11 is 3.42. The zero-order valence-electron chi connectivity index (χ0n) is 12.4. The van der Waals surface area contributed by atoms with Gasteiger partial charge in [0.25, 0.3) is 0 Å². The largest absolute Gasteiger partial charge is 0.467 e. The van der Waals surface area contributed by atoms with E-state index in [4.69, 9.17) is 4.42 Å². The summed E-state index contributed by atoms with van der Waals surface area (Å²) in [6, 6.07) is 9.07. The van der Waals surface area contributed by atoms with Gasteiger partial charge in [0.1, 0.15) is 12.3 Å². The minimum atomic E-state index is -0.243. The molecule has 2 aromatic rings. The van der Waals surface area contributed by atoms with E-state index in [-0.39, 0.29) is 18.4 Å². The molecule has 5 nitrogen and oxygen atoms in total. The number of carbonyl (C=O) groups is 2. The van der Waals surface area contributed by atoms with Gasteiger partial charge in [-0.05, 0) is 42.8 Å². The molecule has 0 fully saturated rings. The van der Waals surface area contributed by atoms with Crippen molar-refractivity contribution in [3.63, 3.8) is 0 Å². The van der Waals surface area contributed by atoms with Crippen LogP contribution in [0, 0.1) is 6.92 Å². The van der Waals surface area contributed by atoms with Gasteiger partial charge in [0.15, 0.2) is 0 Å². The second-order valence-corrected chi connectivity index (χ2v) is 5.75. The summed E-state index contributed by atoms with van der Waals surface area (Å²) in [5.41, 5.74) is 1.70. The maximum atomic E-state index is 12.0. The summed E-state index contributed by atoms with van der Waals surface area (Å²) in [4.78, 5) is 25.3. The zero-order valence-corrected chi connectivity index (χ0v) is 14.0. The van der Waals surface area contributed by atoms with Crippen LogP contribution < -0.4 is 10.2 Å². The van der Waals surface area contributed by atoms with Gasteiger partial charge in [-0.25, -0.2) is 0 Å². The van der Waals surface area contributed by atoms with Crippen LogP contribution >= 0.6 is 15.9 Å². The van der Waals surface area contributed by atoms with E-state index in [1.807, 2.05) is 19.1 Å². The van der Waals surface area contributed by atoms with Gasteiger partial charge in [0, 0.05) is 17.1 Å². The highest BCUT2D eigenvalue weighted by atomic mass is 79.9. The van der Waals surface area contributed by atoms with Gasteiger partial charge in [-0.2, -0.15) is 0 Å². The van der Waals surface area contributed by atoms with Crippen LogP contribution in [0.3, 0.4) is 0 Å².